The van der Waals surface area contributed by atoms with E-state index in [0.717, 1.165) is 5.69 Å². The van der Waals surface area contributed by atoms with Gasteiger partial charge in [-0.1, -0.05) is 0 Å². The number of nitrogens with zero attached hydrogens (tertiary/aromatic N) is 1. The van der Waals surface area contributed by atoms with Gasteiger partial charge in [0, 0.05) is 6.20 Å². The van der Waals surface area contributed by atoms with Crippen LogP contribution in [0.1, 0.15) is 17.3 Å². The first-order valence-electron chi connectivity index (χ1n) is 5.99. The molecular formula is C14H12N2O3. The molecule has 0 atom stereocenters. The minimum atomic E-state index is -0.359. The molecular weight excluding hydrogens is 244 g/mol. The van der Waals surface area contributed by atoms with Crippen LogP contribution in [0.15, 0.2) is 40.9 Å². The van der Waals surface area contributed by atoms with Crippen molar-refractivity contribution in [2.75, 3.05) is 6.61 Å². The molecule has 2 heterocycles. The number of rotatable bonds is 3. The summed E-state index contributed by atoms with van der Waals surface area (Å²) in [6, 6.07) is 8.82. The first kappa shape index (κ1) is 11.5. The van der Waals surface area contributed by atoms with Gasteiger partial charge in [-0.15, -0.1) is 0 Å². The molecule has 5 heteroatoms. The van der Waals surface area contributed by atoms with E-state index < -0.39 is 0 Å². The third kappa shape index (κ3) is 2.10. The van der Waals surface area contributed by atoms with Crippen LogP contribution < -0.4 is 0 Å². The van der Waals surface area contributed by atoms with Gasteiger partial charge in [0.2, 0.25) is 5.89 Å². The Morgan fingerprint density at radius 1 is 1.42 bits per heavy atom. The zero-order valence-electron chi connectivity index (χ0n) is 10.3. The highest BCUT2D eigenvalue weighted by Gasteiger charge is 2.12. The molecule has 0 amide bonds. The molecule has 0 saturated carbocycles. The van der Waals surface area contributed by atoms with E-state index in [4.69, 9.17) is 9.15 Å². The fourth-order valence-corrected chi connectivity index (χ4v) is 1.84. The lowest BCUT2D eigenvalue weighted by molar-refractivity contribution is 0.0526. The van der Waals surface area contributed by atoms with E-state index in [1.165, 1.54) is 0 Å². The number of benzene rings is 1. The third-order valence-electron chi connectivity index (χ3n) is 2.73. The van der Waals surface area contributed by atoms with Crippen LogP contribution in [0, 0.1) is 0 Å². The molecule has 0 fully saturated rings. The van der Waals surface area contributed by atoms with Crippen LogP contribution in [0.5, 0.6) is 0 Å². The SMILES string of the molecule is CCOC(=O)c1ccc2nc(-c3ccc[nH]3)oc2c1. The Morgan fingerprint density at radius 2 is 2.32 bits per heavy atom. The van der Waals surface area contributed by atoms with Crippen molar-refractivity contribution in [1.29, 1.82) is 0 Å². The van der Waals surface area contributed by atoms with Gasteiger partial charge in [0.05, 0.1) is 12.2 Å². The molecule has 3 aromatic rings. The minimum Gasteiger partial charge on any atom is -0.462 e. The van der Waals surface area contributed by atoms with Crippen molar-refractivity contribution in [2.45, 2.75) is 6.92 Å². The van der Waals surface area contributed by atoms with E-state index in [0.29, 0.717) is 29.2 Å². The molecule has 1 aromatic carbocycles. The first-order chi connectivity index (χ1) is 9.28. The highest BCUT2D eigenvalue weighted by Crippen LogP contribution is 2.23. The van der Waals surface area contributed by atoms with Crippen molar-refractivity contribution in [3.63, 3.8) is 0 Å². The quantitative estimate of drug-likeness (QED) is 0.731. The topological polar surface area (TPSA) is 68.1 Å². The van der Waals surface area contributed by atoms with Crippen molar-refractivity contribution >= 4 is 17.1 Å². The van der Waals surface area contributed by atoms with Crippen molar-refractivity contribution < 1.29 is 13.9 Å². The van der Waals surface area contributed by atoms with Crippen molar-refractivity contribution in [2.24, 2.45) is 0 Å². The van der Waals surface area contributed by atoms with Gasteiger partial charge in [0.1, 0.15) is 11.2 Å². The zero-order chi connectivity index (χ0) is 13.2. The predicted molar refractivity (Wildman–Crippen MR) is 69.8 cm³/mol. The van der Waals surface area contributed by atoms with Crippen LogP contribution in [-0.2, 0) is 4.74 Å². The van der Waals surface area contributed by atoms with Crippen molar-refractivity contribution in [3.05, 3.63) is 42.1 Å². The molecule has 0 unspecified atom stereocenters. The first-order valence-corrected chi connectivity index (χ1v) is 5.99. The number of fused-ring (bicyclic) bond motifs is 1. The Bertz CT molecular complexity index is 713. The highest BCUT2D eigenvalue weighted by molar-refractivity contribution is 5.93. The number of esters is 1. The lowest BCUT2D eigenvalue weighted by Crippen LogP contribution is -2.03. The van der Waals surface area contributed by atoms with Crippen LogP contribution in [0.25, 0.3) is 22.7 Å². The second kappa shape index (κ2) is 4.61. The van der Waals surface area contributed by atoms with Gasteiger partial charge in [-0.25, -0.2) is 9.78 Å². The Kier molecular flexibility index (Phi) is 2.79. The Morgan fingerprint density at radius 3 is 3.05 bits per heavy atom. The molecule has 5 nitrogen and oxygen atoms in total. The van der Waals surface area contributed by atoms with E-state index >= 15 is 0 Å². The van der Waals surface area contributed by atoms with Crippen LogP contribution in [0.4, 0.5) is 0 Å². The van der Waals surface area contributed by atoms with Crippen LogP contribution in [0.2, 0.25) is 0 Å². The number of oxazole rings is 1. The molecule has 0 saturated heterocycles. The molecule has 19 heavy (non-hydrogen) atoms. The summed E-state index contributed by atoms with van der Waals surface area (Å²) in [6.07, 6.45) is 1.80. The number of H-pyrrole nitrogens is 1. The van der Waals surface area contributed by atoms with E-state index in [-0.39, 0.29) is 5.97 Å². The van der Waals surface area contributed by atoms with Crippen molar-refractivity contribution in [3.8, 4) is 11.6 Å². The summed E-state index contributed by atoms with van der Waals surface area (Å²) >= 11 is 0. The van der Waals surface area contributed by atoms with Crippen LogP contribution >= 0.6 is 0 Å². The lowest BCUT2D eigenvalue weighted by Gasteiger charge is -2.00. The number of hydrogen-bond acceptors (Lipinski definition) is 4. The summed E-state index contributed by atoms with van der Waals surface area (Å²) in [4.78, 5) is 19.0. The number of nitrogens with one attached hydrogen (secondary N) is 1. The van der Waals surface area contributed by atoms with Crippen LogP contribution in [0.3, 0.4) is 0 Å². The monoisotopic (exact) mass is 256 g/mol. The van der Waals surface area contributed by atoms with E-state index in [1.54, 1.807) is 31.3 Å². The van der Waals surface area contributed by atoms with Gasteiger partial charge in [0.25, 0.3) is 0 Å². The van der Waals surface area contributed by atoms with E-state index in [2.05, 4.69) is 9.97 Å². The summed E-state index contributed by atoms with van der Waals surface area (Å²) in [5, 5.41) is 0. The summed E-state index contributed by atoms with van der Waals surface area (Å²) in [6.45, 7) is 2.12. The summed E-state index contributed by atoms with van der Waals surface area (Å²) in [5.41, 5.74) is 2.53. The molecule has 1 N–H and O–H groups in total. The number of ether oxygens (including phenoxy) is 1. The fourth-order valence-electron chi connectivity index (χ4n) is 1.84. The maximum Gasteiger partial charge on any atom is 0.338 e. The highest BCUT2D eigenvalue weighted by atomic mass is 16.5. The largest absolute Gasteiger partial charge is 0.462 e. The Balaban J connectivity index is 2.02. The molecule has 0 bridgehead atoms. The minimum absolute atomic E-state index is 0.348. The second-order valence-electron chi connectivity index (χ2n) is 4.01. The summed E-state index contributed by atoms with van der Waals surface area (Å²) in [7, 11) is 0. The van der Waals surface area contributed by atoms with Gasteiger partial charge < -0.3 is 14.1 Å². The van der Waals surface area contributed by atoms with Crippen molar-refractivity contribution in [1.82, 2.24) is 9.97 Å². The van der Waals surface area contributed by atoms with Crippen LogP contribution in [-0.4, -0.2) is 22.5 Å². The van der Waals surface area contributed by atoms with E-state index in [1.807, 2.05) is 12.1 Å². The lowest BCUT2D eigenvalue weighted by atomic mass is 10.2. The molecule has 0 radical (unpaired) electrons. The predicted octanol–water partition coefficient (Wildman–Crippen LogP) is 3.00. The Hall–Kier alpha value is -2.56. The van der Waals surface area contributed by atoms with Gasteiger partial charge in [-0.05, 0) is 37.3 Å². The molecule has 3 rings (SSSR count). The zero-order valence-corrected chi connectivity index (χ0v) is 10.3. The molecule has 0 aliphatic heterocycles. The number of aromatic amines is 1. The summed E-state index contributed by atoms with van der Waals surface area (Å²) in [5.74, 6) is 0.142. The molecule has 0 aliphatic rings. The second-order valence-corrected chi connectivity index (χ2v) is 4.01. The van der Waals surface area contributed by atoms with Gasteiger partial charge >= 0.3 is 5.97 Å². The van der Waals surface area contributed by atoms with Gasteiger partial charge in [-0.3, -0.25) is 0 Å². The Labute approximate surface area is 109 Å². The number of aromatic nitrogens is 2. The fraction of sp³-hybridized carbons (Fsp3) is 0.143. The molecule has 96 valence electrons. The summed E-state index contributed by atoms with van der Waals surface area (Å²) < 4.78 is 10.6. The normalized spacial score (nSPS) is 10.8. The number of carbonyl (C=O) groups is 1. The van der Waals surface area contributed by atoms with Gasteiger partial charge in [0.15, 0.2) is 5.58 Å². The smallest absolute Gasteiger partial charge is 0.338 e. The average Bonchev–Trinajstić information content (AvgIpc) is 3.07. The molecule has 2 aromatic heterocycles. The van der Waals surface area contributed by atoms with E-state index in [9.17, 15) is 4.79 Å². The maximum absolute atomic E-state index is 11.6. The maximum atomic E-state index is 11.6. The molecule has 0 aliphatic carbocycles. The standard InChI is InChI=1S/C14H12N2O3/c1-2-18-14(17)9-5-6-10-12(8-9)19-13(16-10)11-4-3-7-15-11/h3-8,15H,2H2,1H3. The number of hydrogen-bond donors (Lipinski definition) is 1. The third-order valence-corrected chi connectivity index (χ3v) is 2.73. The average molecular weight is 256 g/mol. The number of carbonyl (C=O) groups excluding carboxylic acids is 1. The van der Waals surface area contributed by atoms with Gasteiger partial charge in [-0.2, -0.15) is 0 Å². The molecule has 0 spiro atoms.